The van der Waals surface area contributed by atoms with Crippen molar-refractivity contribution in [2.45, 2.75) is 10.9 Å². The zero-order chi connectivity index (χ0) is 25.0. The highest BCUT2D eigenvalue weighted by molar-refractivity contribution is 7.89. The van der Waals surface area contributed by atoms with Gasteiger partial charge in [0.2, 0.25) is 10.0 Å². The molecular weight excluding hydrogens is 483 g/mol. The van der Waals surface area contributed by atoms with Crippen LogP contribution in [0, 0.1) is 5.82 Å². The van der Waals surface area contributed by atoms with Crippen LogP contribution in [0.3, 0.4) is 0 Å². The fraction of sp³-hybridized carbons (Fsp3) is 0.364. The van der Waals surface area contributed by atoms with Crippen LogP contribution in [-0.4, -0.2) is 91.6 Å². The summed E-state index contributed by atoms with van der Waals surface area (Å²) in [6.07, 6.45) is 0. The molecule has 0 saturated carbocycles. The van der Waals surface area contributed by atoms with E-state index in [4.69, 9.17) is 9.47 Å². The van der Waals surface area contributed by atoms with Crippen molar-refractivity contribution in [1.82, 2.24) is 19.6 Å². The van der Waals surface area contributed by atoms with Crippen LogP contribution in [0.15, 0.2) is 53.4 Å². The number of urea groups is 1. The van der Waals surface area contributed by atoms with E-state index in [-0.39, 0.29) is 30.6 Å². The van der Waals surface area contributed by atoms with Gasteiger partial charge in [0, 0.05) is 32.7 Å². The van der Waals surface area contributed by atoms with Crippen LogP contribution >= 0.6 is 0 Å². The maximum Gasteiger partial charge on any atom is 0.320 e. The van der Waals surface area contributed by atoms with Crippen molar-refractivity contribution in [3.63, 3.8) is 0 Å². The Morgan fingerprint density at radius 2 is 1.54 bits per heavy atom. The Labute approximate surface area is 201 Å². The number of amides is 3. The van der Waals surface area contributed by atoms with Gasteiger partial charge in [0.15, 0.2) is 0 Å². The van der Waals surface area contributed by atoms with Gasteiger partial charge in [-0.05, 0) is 48.5 Å². The van der Waals surface area contributed by atoms with Crippen LogP contribution in [0.1, 0.15) is 0 Å². The quantitative estimate of drug-likeness (QED) is 0.460. The molecule has 2 aromatic rings. The summed E-state index contributed by atoms with van der Waals surface area (Å²) in [5.41, 5.74) is 1.50. The topological polar surface area (TPSA) is 129 Å². The second-order valence-corrected chi connectivity index (χ2v) is 9.85. The predicted octanol–water partition coefficient (Wildman–Crippen LogP) is 1.25. The Morgan fingerprint density at radius 3 is 2.14 bits per heavy atom. The van der Waals surface area contributed by atoms with Gasteiger partial charge in [0.05, 0.1) is 18.1 Å². The molecular formula is C22H25FN4O7S. The van der Waals surface area contributed by atoms with E-state index >= 15 is 0 Å². The van der Waals surface area contributed by atoms with Crippen LogP contribution in [-0.2, 0) is 19.6 Å². The number of piperazine rings is 1. The average Bonchev–Trinajstić information content (AvgIpc) is 2.89. The summed E-state index contributed by atoms with van der Waals surface area (Å²) in [6.45, 7) is 1.35. The van der Waals surface area contributed by atoms with E-state index in [1.807, 2.05) is 0 Å². The Balaban J connectivity index is 1.50. The van der Waals surface area contributed by atoms with Gasteiger partial charge in [-0.15, -0.1) is 0 Å². The lowest BCUT2D eigenvalue weighted by molar-refractivity contribution is -0.134. The minimum atomic E-state index is -4.15. The Morgan fingerprint density at radius 1 is 0.943 bits per heavy atom. The second-order valence-electron chi connectivity index (χ2n) is 7.96. The smallest absolute Gasteiger partial charge is 0.320 e. The maximum atomic E-state index is 13.4. The van der Waals surface area contributed by atoms with Gasteiger partial charge in [0.25, 0.3) is 5.91 Å². The predicted molar refractivity (Wildman–Crippen MR) is 120 cm³/mol. The summed E-state index contributed by atoms with van der Waals surface area (Å²) in [7, 11) is -4.15. The molecule has 0 radical (unpaired) electrons. The number of benzene rings is 2. The molecule has 0 aromatic heterocycles. The lowest BCUT2D eigenvalue weighted by atomic mass is 10.2. The number of hydrogen-bond donors (Lipinski definition) is 2. The summed E-state index contributed by atoms with van der Waals surface area (Å²) in [5, 5.41) is 9.22. The van der Waals surface area contributed by atoms with Gasteiger partial charge in [0.1, 0.15) is 23.4 Å². The van der Waals surface area contributed by atoms with Gasteiger partial charge in [-0.2, -0.15) is 4.31 Å². The third kappa shape index (κ3) is 5.53. The average molecular weight is 509 g/mol. The van der Waals surface area contributed by atoms with Crippen molar-refractivity contribution in [1.29, 1.82) is 0 Å². The highest BCUT2D eigenvalue weighted by Gasteiger charge is 2.42. The van der Waals surface area contributed by atoms with Gasteiger partial charge in [-0.25, -0.2) is 23.1 Å². The number of morpholine rings is 1. The van der Waals surface area contributed by atoms with Gasteiger partial charge in [-0.1, -0.05) is 0 Å². The normalized spacial score (nSPS) is 19.3. The lowest BCUT2D eigenvalue weighted by Gasteiger charge is -2.41. The van der Waals surface area contributed by atoms with Crippen LogP contribution in [0.25, 0.3) is 0 Å². The summed E-state index contributed by atoms with van der Waals surface area (Å²) in [5.74, 6) is -0.639. The molecule has 2 aliphatic rings. The number of carbonyl (C=O) groups excluding carboxylic acids is 2. The van der Waals surface area contributed by atoms with Crippen LogP contribution in [0.4, 0.5) is 9.18 Å². The third-order valence-corrected chi connectivity index (χ3v) is 7.70. The molecule has 1 atom stereocenters. The van der Waals surface area contributed by atoms with E-state index < -0.39 is 27.8 Å². The largest absolute Gasteiger partial charge is 0.457 e. The number of hydrogen-bond acceptors (Lipinski definition) is 7. The Bertz CT molecular complexity index is 1160. The zero-order valence-corrected chi connectivity index (χ0v) is 19.5. The highest BCUT2D eigenvalue weighted by atomic mass is 32.2. The van der Waals surface area contributed by atoms with Crippen molar-refractivity contribution >= 4 is 22.0 Å². The van der Waals surface area contributed by atoms with Crippen molar-refractivity contribution in [3.05, 3.63) is 54.3 Å². The number of nitrogens with one attached hydrogen (secondary N) is 1. The molecule has 2 saturated heterocycles. The van der Waals surface area contributed by atoms with E-state index in [0.717, 1.165) is 4.31 Å². The molecule has 13 heteroatoms. The molecule has 4 rings (SSSR count). The maximum absolute atomic E-state index is 13.4. The first kappa shape index (κ1) is 24.9. The first-order valence-corrected chi connectivity index (χ1v) is 12.3. The van der Waals surface area contributed by atoms with Crippen LogP contribution < -0.4 is 10.2 Å². The molecule has 0 bridgehead atoms. The highest BCUT2D eigenvalue weighted by Crippen LogP contribution is 2.27. The van der Waals surface area contributed by atoms with E-state index in [9.17, 15) is 27.6 Å². The standard InChI is InChI=1S/C22H25FN4O7S/c23-16-1-3-17(4-2-16)34-18-5-7-19(8-6-18)35(31,32)27-10-9-26(15-20(27)21(28)24-30)22(29)25-11-13-33-14-12-25/h1-8,20,30H,9-15H2,(H,24,28)/t20-/m0/s1. The molecule has 3 amide bonds. The van der Waals surface area contributed by atoms with Crippen molar-refractivity contribution in [3.8, 4) is 11.5 Å². The number of ether oxygens (including phenoxy) is 2. The molecule has 11 nitrogen and oxygen atoms in total. The van der Waals surface area contributed by atoms with E-state index in [1.165, 1.54) is 58.9 Å². The van der Waals surface area contributed by atoms with Crippen molar-refractivity contribution in [2.24, 2.45) is 0 Å². The number of hydroxylamine groups is 1. The molecule has 0 aliphatic carbocycles. The SMILES string of the molecule is O=C(NO)[C@@H]1CN(C(=O)N2CCOCC2)CCN1S(=O)(=O)c1ccc(Oc2ccc(F)cc2)cc1. The number of rotatable bonds is 5. The fourth-order valence-corrected chi connectivity index (χ4v) is 5.49. The summed E-state index contributed by atoms with van der Waals surface area (Å²) in [6, 6.07) is 9.26. The second kappa shape index (κ2) is 10.6. The third-order valence-electron chi connectivity index (χ3n) is 5.78. The van der Waals surface area contributed by atoms with Crippen LogP contribution in [0.5, 0.6) is 11.5 Å². The first-order chi connectivity index (χ1) is 16.8. The summed E-state index contributed by atoms with van der Waals surface area (Å²) in [4.78, 5) is 28.1. The van der Waals surface area contributed by atoms with E-state index in [2.05, 4.69) is 0 Å². The number of halogens is 1. The minimum absolute atomic E-state index is 0.0798. The molecule has 0 spiro atoms. The summed E-state index contributed by atoms with van der Waals surface area (Å²) >= 11 is 0. The van der Waals surface area contributed by atoms with Crippen LogP contribution in [0.2, 0.25) is 0 Å². The molecule has 0 unspecified atom stereocenters. The molecule has 2 heterocycles. The summed E-state index contributed by atoms with van der Waals surface area (Å²) < 4.78 is 51.6. The van der Waals surface area contributed by atoms with Gasteiger partial charge in [-0.3, -0.25) is 10.0 Å². The minimum Gasteiger partial charge on any atom is -0.457 e. The number of carbonyl (C=O) groups is 2. The number of nitrogens with zero attached hydrogens (tertiary/aromatic N) is 3. The monoisotopic (exact) mass is 508 g/mol. The molecule has 188 valence electrons. The number of sulfonamides is 1. The van der Waals surface area contributed by atoms with Gasteiger partial charge >= 0.3 is 6.03 Å². The van der Waals surface area contributed by atoms with Gasteiger partial charge < -0.3 is 19.3 Å². The fourth-order valence-electron chi connectivity index (χ4n) is 3.92. The molecule has 2 fully saturated rings. The lowest BCUT2D eigenvalue weighted by Crippen LogP contribution is -2.63. The molecule has 2 aliphatic heterocycles. The van der Waals surface area contributed by atoms with Crippen molar-refractivity contribution in [2.75, 3.05) is 45.9 Å². The first-order valence-electron chi connectivity index (χ1n) is 10.9. The zero-order valence-electron chi connectivity index (χ0n) is 18.7. The van der Waals surface area contributed by atoms with E-state index in [0.29, 0.717) is 37.8 Å². The Hall–Kier alpha value is -3.26. The van der Waals surface area contributed by atoms with E-state index in [1.54, 1.807) is 4.90 Å². The van der Waals surface area contributed by atoms with Crippen molar-refractivity contribution < 1.29 is 37.1 Å². The molecule has 35 heavy (non-hydrogen) atoms. The Kier molecular flexibility index (Phi) is 7.50. The molecule has 2 aromatic carbocycles. The molecule has 2 N–H and O–H groups in total.